The number of nitrogens with one attached hydrogen (secondary N) is 2. The first-order valence-electron chi connectivity index (χ1n) is 9.76. The van der Waals surface area contributed by atoms with Crippen LogP contribution in [-0.4, -0.2) is 36.3 Å². The Kier molecular flexibility index (Phi) is 7.84. The minimum atomic E-state index is -0.306. The number of carbonyl (C=O) groups excluding carboxylic acids is 1. The Labute approximate surface area is 171 Å². The van der Waals surface area contributed by atoms with Crippen molar-refractivity contribution in [2.75, 3.05) is 6.54 Å². The van der Waals surface area contributed by atoms with Crippen molar-refractivity contribution in [2.45, 2.75) is 46.1 Å². The maximum absolute atomic E-state index is 12.6. The van der Waals surface area contributed by atoms with Gasteiger partial charge in [-0.05, 0) is 51.7 Å². The first-order valence-corrected chi connectivity index (χ1v) is 9.76. The maximum atomic E-state index is 12.6. The molecule has 7 nitrogen and oxygen atoms in total. The van der Waals surface area contributed by atoms with E-state index in [2.05, 4.69) is 21.4 Å². The van der Waals surface area contributed by atoms with Gasteiger partial charge < -0.3 is 11.1 Å². The summed E-state index contributed by atoms with van der Waals surface area (Å²) in [5, 5.41) is 20.2. The van der Waals surface area contributed by atoms with Gasteiger partial charge in [0.1, 0.15) is 0 Å². The molecule has 1 aromatic rings. The summed E-state index contributed by atoms with van der Waals surface area (Å²) in [6.07, 6.45) is 4.61. The van der Waals surface area contributed by atoms with E-state index in [1.54, 1.807) is 31.2 Å². The molecule has 0 saturated heterocycles. The molecule has 152 valence electrons. The number of allylic oxidation sites excluding steroid dienone is 1. The van der Waals surface area contributed by atoms with Crippen LogP contribution in [0.4, 0.5) is 0 Å². The predicted octanol–water partition coefficient (Wildman–Crippen LogP) is 2.95. The summed E-state index contributed by atoms with van der Waals surface area (Å²) in [7, 11) is 0. The number of amides is 1. The molecule has 2 rings (SSSR count). The van der Waals surface area contributed by atoms with E-state index in [0.29, 0.717) is 22.4 Å². The molecule has 1 aliphatic rings. The number of benzene rings is 1. The van der Waals surface area contributed by atoms with Gasteiger partial charge in [0.15, 0.2) is 5.84 Å². The molecule has 1 aromatic carbocycles. The second-order valence-electron chi connectivity index (χ2n) is 7.42. The van der Waals surface area contributed by atoms with Crippen LogP contribution in [0, 0.1) is 22.7 Å². The molecule has 1 fully saturated rings. The monoisotopic (exact) mass is 392 g/mol. The normalized spacial score (nSPS) is 15.6. The minimum absolute atomic E-state index is 0.0638. The van der Waals surface area contributed by atoms with Crippen LogP contribution < -0.4 is 11.1 Å². The number of nitriles is 1. The topological polar surface area (TPSA) is 127 Å². The summed E-state index contributed by atoms with van der Waals surface area (Å²) in [6.45, 7) is 5.76. The lowest BCUT2D eigenvalue weighted by Gasteiger charge is -2.27. The summed E-state index contributed by atoms with van der Waals surface area (Å²) in [5.74, 6) is 0.0374. The van der Waals surface area contributed by atoms with Gasteiger partial charge in [-0.25, -0.2) is 4.99 Å². The third-order valence-corrected chi connectivity index (χ3v) is 4.70. The van der Waals surface area contributed by atoms with Crippen LogP contribution >= 0.6 is 0 Å². The van der Waals surface area contributed by atoms with Gasteiger partial charge in [0.05, 0.1) is 23.8 Å². The lowest BCUT2D eigenvalue weighted by atomic mass is 9.81. The van der Waals surface area contributed by atoms with Gasteiger partial charge in [-0.2, -0.15) is 5.26 Å². The highest BCUT2D eigenvalue weighted by Crippen LogP contribution is 2.28. The Morgan fingerprint density at radius 3 is 2.72 bits per heavy atom. The number of aliphatic imine (C=N–C) groups is 2. The molecule has 0 aromatic heterocycles. The summed E-state index contributed by atoms with van der Waals surface area (Å²) < 4.78 is 0. The van der Waals surface area contributed by atoms with E-state index in [1.165, 1.54) is 6.21 Å². The van der Waals surface area contributed by atoms with Crippen molar-refractivity contribution in [1.29, 1.82) is 10.7 Å². The Morgan fingerprint density at radius 2 is 2.17 bits per heavy atom. The number of hydrogen-bond acceptors (Lipinski definition) is 5. The molecule has 0 aliphatic heterocycles. The predicted molar refractivity (Wildman–Crippen MR) is 116 cm³/mol. The molecule has 0 atom stereocenters. The molecule has 0 bridgehead atoms. The number of carbonyl (C=O) groups is 1. The van der Waals surface area contributed by atoms with Gasteiger partial charge in [-0.15, -0.1) is 0 Å². The van der Waals surface area contributed by atoms with Crippen LogP contribution in [0.3, 0.4) is 0 Å². The average molecular weight is 393 g/mol. The minimum Gasteiger partial charge on any atom is -0.402 e. The lowest BCUT2D eigenvalue weighted by molar-refractivity contribution is -0.116. The molecule has 1 saturated carbocycles. The Bertz CT molecular complexity index is 896. The molecular formula is C22H28N6O. The molecule has 7 heteroatoms. The average Bonchev–Trinajstić information content (AvgIpc) is 2.64. The summed E-state index contributed by atoms with van der Waals surface area (Å²) in [6, 6.07) is 8.96. The fourth-order valence-electron chi connectivity index (χ4n) is 2.79. The SMILES string of the molecule is C/C(N)=C(/C=NC(C)C)C(=O)NCC(=NC(=N)c1cccc(C#N)c1)C1CCC1. The molecule has 1 aliphatic carbocycles. The molecular weight excluding hydrogens is 364 g/mol. The molecule has 1 amide bonds. The van der Waals surface area contributed by atoms with Gasteiger partial charge in [0.25, 0.3) is 5.91 Å². The highest BCUT2D eigenvalue weighted by molar-refractivity contribution is 6.14. The zero-order valence-electron chi connectivity index (χ0n) is 17.2. The van der Waals surface area contributed by atoms with Crippen molar-refractivity contribution >= 4 is 23.7 Å². The number of rotatable bonds is 7. The van der Waals surface area contributed by atoms with E-state index in [4.69, 9.17) is 16.4 Å². The van der Waals surface area contributed by atoms with Crippen molar-refractivity contribution in [2.24, 2.45) is 21.6 Å². The lowest BCUT2D eigenvalue weighted by Crippen LogP contribution is -2.37. The zero-order chi connectivity index (χ0) is 21.4. The fraction of sp³-hybridized carbons (Fsp3) is 0.409. The number of nitrogens with zero attached hydrogens (tertiary/aromatic N) is 3. The van der Waals surface area contributed by atoms with Crippen molar-refractivity contribution < 1.29 is 4.79 Å². The van der Waals surface area contributed by atoms with Gasteiger partial charge in [-0.1, -0.05) is 18.6 Å². The Hall–Kier alpha value is -3.27. The van der Waals surface area contributed by atoms with E-state index in [9.17, 15) is 4.79 Å². The molecule has 4 N–H and O–H groups in total. The zero-order valence-corrected chi connectivity index (χ0v) is 17.2. The molecule has 0 unspecified atom stereocenters. The van der Waals surface area contributed by atoms with Gasteiger partial charge >= 0.3 is 0 Å². The maximum Gasteiger partial charge on any atom is 0.254 e. The van der Waals surface area contributed by atoms with E-state index >= 15 is 0 Å². The van der Waals surface area contributed by atoms with Crippen LogP contribution in [0.1, 0.15) is 51.2 Å². The quantitative estimate of drug-likeness (QED) is 0.375. The number of amidine groups is 1. The number of hydrogen-bond donors (Lipinski definition) is 3. The van der Waals surface area contributed by atoms with Crippen LogP contribution in [0.25, 0.3) is 0 Å². The van der Waals surface area contributed by atoms with Crippen molar-refractivity contribution in [3.05, 3.63) is 46.7 Å². The van der Waals surface area contributed by atoms with Gasteiger partial charge in [0.2, 0.25) is 0 Å². The standard InChI is InChI=1S/C22H28N6O/c1-14(2)26-12-19(15(3)24)22(29)27-13-20(17-7-5-8-17)28-21(25)18-9-4-6-16(10-18)11-23/h4,6,9-10,12,14,17,25H,5,7-8,13,24H2,1-3H3,(H,27,29)/b19-15+,25-21?,26-12?,28-20?. The highest BCUT2D eigenvalue weighted by atomic mass is 16.1. The van der Waals surface area contributed by atoms with Crippen molar-refractivity contribution in [1.82, 2.24) is 5.32 Å². The summed E-state index contributed by atoms with van der Waals surface area (Å²) >= 11 is 0. The van der Waals surface area contributed by atoms with Gasteiger partial charge in [0, 0.05) is 29.2 Å². The molecule has 0 heterocycles. The largest absolute Gasteiger partial charge is 0.402 e. The van der Waals surface area contributed by atoms with Crippen LogP contribution in [-0.2, 0) is 4.79 Å². The van der Waals surface area contributed by atoms with Crippen LogP contribution in [0.2, 0.25) is 0 Å². The Balaban J connectivity index is 2.15. The van der Waals surface area contributed by atoms with Crippen LogP contribution in [0.15, 0.2) is 45.5 Å². The third-order valence-electron chi connectivity index (χ3n) is 4.70. The fourth-order valence-corrected chi connectivity index (χ4v) is 2.79. The van der Waals surface area contributed by atoms with E-state index in [0.717, 1.165) is 25.0 Å². The second kappa shape index (κ2) is 10.3. The molecule has 0 radical (unpaired) electrons. The van der Waals surface area contributed by atoms with Crippen molar-refractivity contribution in [3.63, 3.8) is 0 Å². The second-order valence-corrected chi connectivity index (χ2v) is 7.42. The highest BCUT2D eigenvalue weighted by Gasteiger charge is 2.24. The Morgan fingerprint density at radius 1 is 1.45 bits per heavy atom. The van der Waals surface area contributed by atoms with Gasteiger partial charge in [-0.3, -0.25) is 15.2 Å². The first kappa shape index (κ1) is 22.0. The number of nitrogens with two attached hydrogens (primary N) is 1. The van der Waals surface area contributed by atoms with Crippen molar-refractivity contribution in [3.8, 4) is 6.07 Å². The molecule has 29 heavy (non-hydrogen) atoms. The first-order chi connectivity index (χ1) is 13.8. The van der Waals surface area contributed by atoms with Crippen LogP contribution in [0.5, 0.6) is 0 Å². The van der Waals surface area contributed by atoms with E-state index < -0.39 is 0 Å². The smallest absolute Gasteiger partial charge is 0.254 e. The third kappa shape index (κ3) is 6.39. The van der Waals surface area contributed by atoms with E-state index in [1.807, 2.05) is 13.8 Å². The summed E-state index contributed by atoms with van der Waals surface area (Å²) in [5.41, 5.74) is 8.42. The summed E-state index contributed by atoms with van der Waals surface area (Å²) in [4.78, 5) is 21.3. The van der Waals surface area contributed by atoms with E-state index in [-0.39, 0.29) is 30.2 Å². The molecule has 0 spiro atoms.